The van der Waals surface area contributed by atoms with Gasteiger partial charge in [-0.2, -0.15) is 21.6 Å². The van der Waals surface area contributed by atoms with Crippen molar-refractivity contribution in [1.29, 1.82) is 0 Å². The molecule has 8 nitrogen and oxygen atoms in total. The quantitative estimate of drug-likeness (QED) is 0.180. The Morgan fingerprint density at radius 1 is 0.952 bits per heavy atom. The van der Waals surface area contributed by atoms with Gasteiger partial charge in [0.15, 0.2) is 0 Å². The Labute approximate surface area is 247 Å². The molecule has 1 N–H and O–H groups in total. The number of benzene rings is 2. The Hall–Kier alpha value is -2.61. The molecule has 3 rings (SSSR count). The Morgan fingerprint density at radius 3 is 2.00 bits per heavy atom. The summed E-state index contributed by atoms with van der Waals surface area (Å²) in [6, 6.07) is 14.3. The average Bonchev–Trinajstić information content (AvgIpc) is 2.90. The van der Waals surface area contributed by atoms with Crippen molar-refractivity contribution in [3.05, 3.63) is 65.7 Å². The number of amides is 1. The third-order valence-corrected chi connectivity index (χ3v) is 15.0. The second-order valence-electron chi connectivity index (χ2n) is 11.6. The van der Waals surface area contributed by atoms with Crippen LogP contribution in [0.3, 0.4) is 0 Å². The number of aliphatic hydroxyl groups is 1. The number of carbonyl (C=O) groups is 1. The molecule has 0 aromatic heterocycles. The number of halogens is 3. The van der Waals surface area contributed by atoms with E-state index in [2.05, 4.69) is 45.7 Å². The summed E-state index contributed by atoms with van der Waals surface area (Å²) in [5.41, 5.74) is -3.66. The standard InChI is InChI=1S/C29H40F3NO7SSi/c1-19(2)42(20(3)4,21(5)6)40-26-17-33(28(35)38-18-22-10-8-7-9-11-22)16-25(34)27(26)23-12-14-24(15-13-23)39-41(36,37)29(30,31)32/h7-15,19-21,25-27,34H,16-18H2,1-6H3/t25-,26+,27+/m0/s1. The predicted octanol–water partition coefficient (Wildman–Crippen LogP) is 6.57. The minimum atomic E-state index is -5.83. The van der Waals surface area contributed by atoms with Crippen LogP contribution in [0.25, 0.3) is 0 Å². The number of carbonyl (C=O) groups excluding carboxylic acids is 1. The van der Waals surface area contributed by atoms with Crippen molar-refractivity contribution < 1.29 is 44.8 Å². The Balaban J connectivity index is 1.93. The first-order valence-corrected chi connectivity index (χ1v) is 17.5. The highest BCUT2D eigenvalue weighted by atomic mass is 32.2. The summed E-state index contributed by atoms with van der Waals surface area (Å²) in [5, 5.41) is 11.4. The lowest BCUT2D eigenvalue weighted by Gasteiger charge is -2.49. The molecule has 1 saturated heterocycles. The first-order valence-electron chi connectivity index (χ1n) is 13.9. The molecule has 1 amide bonds. The second-order valence-corrected chi connectivity index (χ2v) is 18.5. The molecule has 1 fully saturated rings. The predicted molar refractivity (Wildman–Crippen MR) is 155 cm³/mol. The van der Waals surface area contributed by atoms with E-state index in [0.29, 0.717) is 5.56 Å². The van der Waals surface area contributed by atoms with Gasteiger partial charge in [-0.1, -0.05) is 84.0 Å². The minimum absolute atomic E-state index is 0.0571. The minimum Gasteiger partial charge on any atom is -0.445 e. The number of hydrogen-bond acceptors (Lipinski definition) is 7. The number of ether oxygens (including phenoxy) is 1. The largest absolute Gasteiger partial charge is 0.534 e. The normalized spacial score (nSPS) is 20.3. The summed E-state index contributed by atoms with van der Waals surface area (Å²) >= 11 is 0. The van der Waals surface area contributed by atoms with Gasteiger partial charge in [0.25, 0.3) is 0 Å². The zero-order valence-corrected chi connectivity index (χ0v) is 26.5. The van der Waals surface area contributed by atoms with Gasteiger partial charge in [-0.05, 0) is 39.9 Å². The van der Waals surface area contributed by atoms with E-state index < -0.39 is 53.9 Å². The van der Waals surface area contributed by atoms with Crippen molar-refractivity contribution in [2.45, 2.75) is 88.4 Å². The van der Waals surface area contributed by atoms with E-state index in [1.807, 2.05) is 30.3 Å². The van der Waals surface area contributed by atoms with Crippen molar-refractivity contribution in [3.63, 3.8) is 0 Å². The van der Waals surface area contributed by atoms with Crippen LogP contribution in [-0.4, -0.2) is 63.6 Å². The Morgan fingerprint density at radius 2 is 1.50 bits per heavy atom. The number of β-amino-alcohol motifs (C(OH)–C–C–N with tert-alkyl or cyclic N) is 1. The monoisotopic (exact) mass is 631 g/mol. The molecule has 234 valence electrons. The first-order chi connectivity index (χ1) is 19.5. The fraction of sp³-hybridized carbons (Fsp3) is 0.552. The lowest BCUT2D eigenvalue weighted by atomic mass is 9.85. The second kappa shape index (κ2) is 13.4. The molecule has 0 bridgehead atoms. The molecule has 1 heterocycles. The molecule has 2 aromatic rings. The van der Waals surface area contributed by atoms with E-state index in [1.54, 1.807) is 0 Å². The number of piperidine rings is 1. The first kappa shape index (κ1) is 33.9. The average molecular weight is 632 g/mol. The van der Waals surface area contributed by atoms with Crippen molar-refractivity contribution >= 4 is 24.5 Å². The van der Waals surface area contributed by atoms with Crippen molar-refractivity contribution in [3.8, 4) is 5.75 Å². The van der Waals surface area contributed by atoms with Gasteiger partial charge < -0.3 is 23.4 Å². The van der Waals surface area contributed by atoms with Crippen LogP contribution in [-0.2, 0) is 25.9 Å². The van der Waals surface area contributed by atoms with Crippen LogP contribution < -0.4 is 4.18 Å². The molecule has 2 aromatic carbocycles. The van der Waals surface area contributed by atoms with E-state index >= 15 is 0 Å². The molecule has 0 spiro atoms. The number of nitrogens with zero attached hydrogens (tertiary/aromatic N) is 1. The molecule has 0 radical (unpaired) electrons. The maximum atomic E-state index is 13.1. The molecule has 13 heteroatoms. The summed E-state index contributed by atoms with van der Waals surface area (Å²) in [7, 11) is -8.37. The number of hydrogen-bond donors (Lipinski definition) is 1. The maximum absolute atomic E-state index is 13.1. The molecule has 1 aliphatic rings. The van der Waals surface area contributed by atoms with Crippen molar-refractivity contribution in [2.24, 2.45) is 0 Å². The van der Waals surface area contributed by atoms with Crippen LogP contribution in [0.5, 0.6) is 5.75 Å². The third kappa shape index (κ3) is 7.47. The summed E-state index contributed by atoms with van der Waals surface area (Å²) in [6.07, 6.45) is -2.36. The molecule has 1 aliphatic heterocycles. The molecular formula is C29H40F3NO7SSi. The number of rotatable bonds is 10. The topological polar surface area (TPSA) is 102 Å². The molecule has 0 unspecified atom stereocenters. The SMILES string of the molecule is CC(C)[Si](O[C@@H]1CN(C(=O)OCc2ccccc2)C[C@H](O)[C@H]1c1ccc(OS(=O)(=O)C(F)(F)F)cc1)(C(C)C)C(C)C. The van der Waals surface area contributed by atoms with Crippen LogP contribution in [0.2, 0.25) is 16.6 Å². The van der Waals surface area contributed by atoms with Crippen molar-refractivity contribution in [2.75, 3.05) is 13.1 Å². The third-order valence-electron chi connectivity index (χ3n) is 7.90. The molecular weight excluding hydrogens is 591 g/mol. The van der Waals surface area contributed by atoms with Gasteiger partial charge in [-0.15, -0.1) is 0 Å². The number of likely N-dealkylation sites (tertiary alicyclic amines) is 1. The van der Waals surface area contributed by atoms with Gasteiger partial charge in [0.2, 0.25) is 8.32 Å². The highest BCUT2D eigenvalue weighted by Gasteiger charge is 2.51. The van der Waals surface area contributed by atoms with Gasteiger partial charge in [-0.3, -0.25) is 0 Å². The maximum Gasteiger partial charge on any atom is 0.534 e. The highest BCUT2D eigenvalue weighted by Crippen LogP contribution is 2.46. The van der Waals surface area contributed by atoms with E-state index in [1.165, 1.54) is 17.0 Å². The Bertz CT molecular complexity index is 1270. The van der Waals surface area contributed by atoms with Gasteiger partial charge >= 0.3 is 21.7 Å². The molecule has 0 aliphatic carbocycles. The van der Waals surface area contributed by atoms with E-state index in [-0.39, 0.29) is 36.3 Å². The zero-order valence-electron chi connectivity index (χ0n) is 24.7. The highest BCUT2D eigenvalue weighted by molar-refractivity contribution is 7.88. The van der Waals surface area contributed by atoms with Crippen LogP contribution in [0, 0.1) is 0 Å². The summed E-state index contributed by atoms with van der Waals surface area (Å²) < 4.78 is 78.1. The summed E-state index contributed by atoms with van der Waals surface area (Å²) in [6.45, 7) is 12.8. The lowest BCUT2D eigenvalue weighted by Crippen LogP contribution is -2.59. The summed E-state index contributed by atoms with van der Waals surface area (Å²) in [5.74, 6) is -1.17. The van der Waals surface area contributed by atoms with Crippen LogP contribution in [0.4, 0.5) is 18.0 Å². The van der Waals surface area contributed by atoms with Crippen molar-refractivity contribution in [1.82, 2.24) is 4.90 Å². The Kier molecular flexibility index (Phi) is 10.8. The van der Waals surface area contributed by atoms with Crippen LogP contribution in [0.1, 0.15) is 58.6 Å². The van der Waals surface area contributed by atoms with Crippen LogP contribution >= 0.6 is 0 Å². The molecule has 0 saturated carbocycles. The number of alkyl halides is 3. The van der Waals surface area contributed by atoms with Gasteiger partial charge in [0.05, 0.1) is 18.8 Å². The van der Waals surface area contributed by atoms with Gasteiger partial charge in [-0.25, -0.2) is 4.79 Å². The summed E-state index contributed by atoms with van der Waals surface area (Å²) in [4.78, 5) is 14.5. The van der Waals surface area contributed by atoms with Gasteiger partial charge in [0.1, 0.15) is 12.4 Å². The number of aliphatic hydroxyl groups excluding tert-OH is 1. The fourth-order valence-corrected chi connectivity index (χ4v) is 12.1. The molecule has 42 heavy (non-hydrogen) atoms. The lowest BCUT2D eigenvalue weighted by molar-refractivity contribution is -0.0500. The van der Waals surface area contributed by atoms with E-state index in [4.69, 9.17) is 9.16 Å². The van der Waals surface area contributed by atoms with E-state index in [9.17, 15) is 31.5 Å². The molecule has 3 atom stereocenters. The van der Waals surface area contributed by atoms with E-state index in [0.717, 1.165) is 17.7 Å². The van der Waals surface area contributed by atoms with Gasteiger partial charge in [0, 0.05) is 12.5 Å². The zero-order chi connectivity index (χ0) is 31.5. The van der Waals surface area contributed by atoms with Crippen LogP contribution in [0.15, 0.2) is 54.6 Å². The fourth-order valence-electron chi connectivity index (χ4n) is 6.09. The smallest absolute Gasteiger partial charge is 0.445 e.